The lowest BCUT2D eigenvalue weighted by Gasteiger charge is -2.13. The molecule has 1 amide bonds. The standard InChI is InChI=1S/C7H9BrN2OS/c1-10(7(11)2-8)3-6-4-12-5-9-6/h4-5H,2-3H2,1H3. The highest BCUT2D eigenvalue weighted by molar-refractivity contribution is 9.09. The predicted molar refractivity (Wildman–Crippen MR) is 52.4 cm³/mol. The van der Waals surface area contributed by atoms with E-state index in [0.29, 0.717) is 11.9 Å². The highest BCUT2D eigenvalue weighted by Crippen LogP contribution is 2.04. The second-order valence-electron chi connectivity index (χ2n) is 2.36. The van der Waals surface area contributed by atoms with Crippen molar-refractivity contribution in [1.29, 1.82) is 0 Å². The minimum atomic E-state index is 0.0722. The van der Waals surface area contributed by atoms with Crippen LogP contribution in [0.5, 0.6) is 0 Å². The minimum absolute atomic E-state index is 0.0722. The number of rotatable bonds is 3. The van der Waals surface area contributed by atoms with E-state index in [2.05, 4.69) is 20.9 Å². The summed E-state index contributed by atoms with van der Waals surface area (Å²) in [7, 11) is 1.77. The Morgan fingerprint density at radius 3 is 3.08 bits per heavy atom. The zero-order valence-electron chi connectivity index (χ0n) is 6.66. The molecule has 0 bridgehead atoms. The molecule has 1 aromatic rings. The summed E-state index contributed by atoms with van der Waals surface area (Å²) < 4.78 is 0. The highest BCUT2D eigenvalue weighted by Gasteiger charge is 2.07. The van der Waals surface area contributed by atoms with Crippen molar-refractivity contribution in [2.24, 2.45) is 0 Å². The van der Waals surface area contributed by atoms with Crippen LogP contribution < -0.4 is 0 Å². The van der Waals surface area contributed by atoms with Crippen molar-refractivity contribution in [2.75, 3.05) is 12.4 Å². The lowest BCUT2D eigenvalue weighted by atomic mass is 10.4. The maximum Gasteiger partial charge on any atom is 0.233 e. The maximum atomic E-state index is 11.1. The molecule has 0 saturated carbocycles. The van der Waals surface area contributed by atoms with Gasteiger partial charge in [-0.3, -0.25) is 4.79 Å². The fourth-order valence-corrected chi connectivity index (χ4v) is 1.73. The molecule has 0 radical (unpaired) electrons. The van der Waals surface area contributed by atoms with Crippen LogP contribution in [-0.4, -0.2) is 28.2 Å². The van der Waals surface area contributed by atoms with Gasteiger partial charge in [0.25, 0.3) is 0 Å². The van der Waals surface area contributed by atoms with Crippen LogP contribution in [-0.2, 0) is 11.3 Å². The van der Waals surface area contributed by atoms with E-state index in [1.54, 1.807) is 28.8 Å². The average molecular weight is 249 g/mol. The van der Waals surface area contributed by atoms with Crippen molar-refractivity contribution in [3.05, 3.63) is 16.6 Å². The Morgan fingerprint density at radius 1 is 1.83 bits per heavy atom. The smallest absolute Gasteiger partial charge is 0.233 e. The van der Waals surface area contributed by atoms with E-state index >= 15 is 0 Å². The van der Waals surface area contributed by atoms with Crippen molar-refractivity contribution in [2.45, 2.75) is 6.54 Å². The van der Waals surface area contributed by atoms with Gasteiger partial charge in [0.2, 0.25) is 5.91 Å². The van der Waals surface area contributed by atoms with Gasteiger partial charge in [0.15, 0.2) is 0 Å². The summed E-state index contributed by atoms with van der Waals surface area (Å²) in [5.41, 5.74) is 2.71. The van der Waals surface area contributed by atoms with Crippen LogP contribution in [0.4, 0.5) is 0 Å². The number of aromatic nitrogens is 1. The quantitative estimate of drug-likeness (QED) is 0.760. The second kappa shape index (κ2) is 4.57. The van der Waals surface area contributed by atoms with Gasteiger partial charge in [-0.15, -0.1) is 11.3 Å². The van der Waals surface area contributed by atoms with E-state index in [9.17, 15) is 4.79 Å². The molecular weight excluding hydrogens is 240 g/mol. The van der Waals surface area contributed by atoms with Gasteiger partial charge in [0.1, 0.15) is 0 Å². The van der Waals surface area contributed by atoms with Crippen molar-refractivity contribution < 1.29 is 4.79 Å². The van der Waals surface area contributed by atoms with Gasteiger partial charge in [-0.05, 0) is 0 Å². The molecule has 66 valence electrons. The average Bonchev–Trinajstić information content (AvgIpc) is 2.55. The molecule has 0 aliphatic carbocycles. The van der Waals surface area contributed by atoms with Gasteiger partial charge in [-0.1, -0.05) is 15.9 Å². The molecule has 0 aromatic carbocycles. The topological polar surface area (TPSA) is 33.2 Å². The Hall–Kier alpha value is -0.420. The summed E-state index contributed by atoms with van der Waals surface area (Å²) in [6.45, 7) is 0.591. The van der Waals surface area contributed by atoms with Gasteiger partial charge in [0, 0.05) is 12.4 Å². The third kappa shape index (κ3) is 2.57. The number of carbonyl (C=O) groups is 1. The number of halogens is 1. The van der Waals surface area contributed by atoms with E-state index < -0.39 is 0 Å². The fraction of sp³-hybridized carbons (Fsp3) is 0.429. The zero-order valence-corrected chi connectivity index (χ0v) is 9.06. The van der Waals surface area contributed by atoms with E-state index in [1.807, 2.05) is 5.38 Å². The van der Waals surface area contributed by atoms with E-state index in [4.69, 9.17) is 0 Å². The predicted octanol–water partition coefficient (Wildman–Crippen LogP) is 1.50. The lowest BCUT2D eigenvalue weighted by Crippen LogP contribution is -2.26. The molecule has 0 N–H and O–H groups in total. The Kier molecular flexibility index (Phi) is 3.68. The Bertz CT molecular complexity index is 250. The van der Waals surface area contributed by atoms with Gasteiger partial charge < -0.3 is 4.90 Å². The molecule has 12 heavy (non-hydrogen) atoms. The van der Waals surface area contributed by atoms with Crippen LogP contribution in [0.25, 0.3) is 0 Å². The molecule has 0 unspecified atom stereocenters. The summed E-state index contributed by atoms with van der Waals surface area (Å²) in [4.78, 5) is 16.8. The Balaban J connectivity index is 2.47. The first-order chi connectivity index (χ1) is 5.74. The van der Waals surface area contributed by atoms with Crippen LogP contribution in [0.2, 0.25) is 0 Å². The number of amides is 1. The van der Waals surface area contributed by atoms with Crippen LogP contribution in [0.15, 0.2) is 10.9 Å². The maximum absolute atomic E-state index is 11.1. The summed E-state index contributed by atoms with van der Waals surface area (Å²) in [5.74, 6) is 0.0722. The lowest BCUT2D eigenvalue weighted by molar-refractivity contribution is -0.127. The normalized spacial score (nSPS) is 9.83. The second-order valence-corrected chi connectivity index (χ2v) is 3.64. The fourth-order valence-electron chi connectivity index (χ4n) is 0.749. The zero-order chi connectivity index (χ0) is 8.97. The molecule has 3 nitrogen and oxygen atoms in total. The van der Waals surface area contributed by atoms with E-state index in [-0.39, 0.29) is 5.91 Å². The van der Waals surface area contributed by atoms with Crippen LogP contribution >= 0.6 is 27.3 Å². The molecule has 5 heteroatoms. The van der Waals surface area contributed by atoms with E-state index in [0.717, 1.165) is 5.69 Å². The van der Waals surface area contributed by atoms with Gasteiger partial charge in [0.05, 0.1) is 23.1 Å². The summed E-state index contributed by atoms with van der Waals surface area (Å²) in [6, 6.07) is 0. The van der Waals surface area contributed by atoms with Gasteiger partial charge >= 0.3 is 0 Å². The van der Waals surface area contributed by atoms with E-state index in [1.165, 1.54) is 0 Å². The van der Waals surface area contributed by atoms with Gasteiger partial charge in [-0.25, -0.2) is 4.98 Å². The molecule has 0 spiro atoms. The SMILES string of the molecule is CN(Cc1cscn1)C(=O)CBr. The summed E-state index contributed by atoms with van der Waals surface area (Å²) >= 11 is 4.65. The molecule has 0 atom stereocenters. The molecule has 1 heterocycles. The summed E-state index contributed by atoms with van der Waals surface area (Å²) in [6.07, 6.45) is 0. The molecule has 0 aliphatic rings. The number of hydrogen-bond donors (Lipinski definition) is 0. The minimum Gasteiger partial charge on any atom is -0.339 e. The van der Waals surface area contributed by atoms with Crippen molar-refractivity contribution in [1.82, 2.24) is 9.88 Å². The molecule has 1 aromatic heterocycles. The Morgan fingerprint density at radius 2 is 2.58 bits per heavy atom. The molecule has 0 fully saturated rings. The third-order valence-electron chi connectivity index (χ3n) is 1.42. The van der Waals surface area contributed by atoms with Crippen LogP contribution in [0.3, 0.4) is 0 Å². The number of alkyl halides is 1. The van der Waals surface area contributed by atoms with Crippen LogP contribution in [0, 0.1) is 0 Å². The van der Waals surface area contributed by atoms with Crippen molar-refractivity contribution in [3.63, 3.8) is 0 Å². The highest BCUT2D eigenvalue weighted by atomic mass is 79.9. The molecule has 0 aliphatic heterocycles. The number of carbonyl (C=O) groups excluding carboxylic acids is 1. The molecule has 0 saturated heterocycles. The molecular formula is C7H9BrN2OS. The monoisotopic (exact) mass is 248 g/mol. The van der Waals surface area contributed by atoms with Crippen LogP contribution in [0.1, 0.15) is 5.69 Å². The third-order valence-corrected chi connectivity index (χ3v) is 2.54. The number of nitrogens with zero attached hydrogens (tertiary/aromatic N) is 2. The van der Waals surface area contributed by atoms with Gasteiger partial charge in [-0.2, -0.15) is 0 Å². The van der Waals surface area contributed by atoms with Crippen molar-refractivity contribution in [3.8, 4) is 0 Å². The molecule has 1 rings (SSSR count). The number of thiazole rings is 1. The van der Waals surface area contributed by atoms with Crippen molar-refractivity contribution >= 4 is 33.2 Å². The first-order valence-corrected chi connectivity index (χ1v) is 5.47. The first kappa shape index (κ1) is 9.67. The Labute approximate surface area is 83.5 Å². The largest absolute Gasteiger partial charge is 0.339 e. The number of hydrogen-bond acceptors (Lipinski definition) is 3. The first-order valence-electron chi connectivity index (χ1n) is 3.41. The summed E-state index contributed by atoms with van der Waals surface area (Å²) in [5, 5.41) is 2.31.